The van der Waals surface area contributed by atoms with Crippen molar-refractivity contribution in [1.29, 1.82) is 0 Å². The second-order valence-electron chi connectivity index (χ2n) is 7.25. The summed E-state index contributed by atoms with van der Waals surface area (Å²) in [7, 11) is 1.35. The number of carbonyl (C=O) groups excluding carboxylic acids is 1. The predicted octanol–water partition coefficient (Wildman–Crippen LogP) is 5.43. The largest absolute Gasteiger partial charge is 0.464 e. The number of fused-ring (bicyclic) bond motifs is 2. The number of benzene rings is 3. The van der Waals surface area contributed by atoms with Gasteiger partial charge in [-0.2, -0.15) is 10.2 Å². The summed E-state index contributed by atoms with van der Waals surface area (Å²) >= 11 is 7.91. The van der Waals surface area contributed by atoms with Crippen LogP contribution in [0.25, 0.3) is 0 Å². The number of methoxy groups -OCH3 is 1. The zero-order chi connectivity index (χ0) is 22.3. The van der Waals surface area contributed by atoms with Crippen LogP contribution in [-0.4, -0.2) is 23.8 Å². The van der Waals surface area contributed by atoms with Crippen LogP contribution in [0.3, 0.4) is 0 Å². The van der Waals surface area contributed by atoms with E-state index >= 15 is 0 Å². The Hall–Kier alpha value is -3.29. The highest BCUT2D eigenvalue weighted by Crippen LogP contribution is 2.55. The minimum absolute atomic E-state index is 0.220. The number of thioether (sulfide) groups is 1. The van der Waals surface area contributed by atoms with E-state index in [1.807, 2.05) is 84.7 Å². The number of hydrazone groups is 2. The molecule has 0 aromatic heterocycles. The van der Waals surface area contributed by atoms with Crippen molar-refractivity contribution in [2.24, 2.45) is 10.2 Å². The van der Waals surface area contributed by atoms with Crippen molar-refractivity contribution in [3.05, 3.63) is 95.0 Å². The SMILES string of the molecule is COC(=O)C1=NN(c2ccccc2Cl)[C@]2(S1)c1ccccc1C(C)=NN2c1ccccc1. The fourth-order valence-electron chi connectivity index (χ4n) is 3.94. The quantitative estimate of drug-likeness (QED) is 0.485. The molecule has 160 valence electrons. The van der Waals surface area contributed by atoms with E-state index in [0.29, 0.717) is 10.7 Å². The van der Waals surface area contributed by atoms with Crippen LogP contribution in [0.5, 0.6) is 0 Å². The Labute approximate surface area is 195 Å². The van der Waals surface area contributed by atoms with Crippen molar-refractivity contribution < 1.29 is 9.53 Å². The van der Waals surface area contributed by atoms with E-state index in [1.54, 1.807) is 11.1 Å². The number of hydrogen-bond donors (Lipinski definition) is 0. The number of para-hydroxylation sites is 2. The number of ether oxygens (including phenoxy) is 1. The average molecular weight is 463 g/mol. The van der Waals surface area contributed by atoms with Crippen LogP contribution in [0.4, 0.5) is 11.4 Å². The van der Waals surface area contributed by atoms with Crippen LogP contribution in [0, 0.1) is 0 Å². The summed E-state index contributed by atoms with van der Waals surface area (Å²) in [4.78, 5) is 11.6. The van der Waals surface area contributed by atoms with Crippen LogP contribution in [-0.2, 0) is 14.5 Å². The Balaban J connectivity index is 1.83. The first-order chi connectivity index (χ1) is 15.6. The van der Waals surface area contributed by atoms with Gasteiger partial charge in [-0.15, -0.1) is 0 Å². The molecule has 0 unspecified atom stereocenters. The third kappa shape index (κ3) is 3.08. The molecule has 2 aliphatic heterocycles. The Morgan fingerprint density at radius 2 is 1.62 bits per heavy atom. The highest BCUT2D eigenvalue weighted by molar-refractivity contribution is 8.16. The summed E-state index contributed by atoms with van der Waals surface area (Å²) in [6.07, 6.45) is 0. The van der Waals surface area contributed by atoms with Gasteiger partial charge in [0.1, 0.15) is 0 Å². The van der Waals surface area contributed by atoms with Gasteiger partial charge in [-0.3, -0.25) is 0 Å². The molecule has 0 saturated carbocycles. The first-order valence-corrected chi connectivity index (χ1v) is 11.2. The Bertz CT molecular complexity index is 1260. The topological polar surface area (TPSA) is 57.5 Å². The molecular weight excluding hydrogens is 444 g/mol. The summed E-state index contributed by atoms with van der Waals surface area (Å²) in [6.45, 7) is 1.98. The lowest BCUT2D eigenvalue weighted by atomic mass is 9.98. The van der Waals surface area contributed by atoms with E-state index in [0.717, 1.165) is 22.5 Å². The van der Waals surface area contributed by atoms with E-state index < -0.39 is 11.0 Å². The van der Waals surface area contributed by atoms with Gasteiger partial charge in [0.15, 0.2) is 0 Å². The molecule has 3 aromatic carbocycles. The van der Waals surface area contributed by atoms with Crippen LogP contribution in [0.1, 0.15) is 18.1 Å². The normalized spacial score (nSPS) is 19.5. The number of hydrogen-bond acceptors (Lipinski definition) is 7. The lowest BCUT2D eigenvalue weighted by molar-refractivity contribution is -0.132. The highest BCUT2D eigenvalue weighted by atomic mass is 35.5. The summed E-state index contributed by atoms with van der Waals surface area (Å²) < 4.78 is 5.03. The average Bonchev–Trinajstić information content (AvgIpc) is 3.23. The molecule has 0 saturated heterocycles. The standard InChI is InChI=1S/C24H19ClN4O2S/c1-16-18-12-6-7-13-19(18)24(28(26-16)17-10-4-3-5-11-17)29(21-15-9-8-14-20(21)25)27-22(32-24)23(30)31-2/h3-15H,1-2H3/t24-/m0/s1. The summed E-state index contributed by atoms with van der Waals surface area (Å²) in [5, 5.41) is 14.1. The molecule has 0 amide bonds. The molecule has 1 spiro atoms. The molecule has 0 radical (unpaired) electrons. The second-order valence-corrected chi connectivity index (χ2v) is 8.82. The first kappa shape index (κ1) is 20.6. The lowest BCUT2D eigenvalue weighted by Gasteiger charge is -2.46. The monoisotopic (exact) mass is 462 g/mol. The van der Waals surface area contributed by atoms with Crippen molar-refractivity contribution in [3.8, 4) is 0 Å². The Morgan fingerprint density at radius 3 is 2.38 bits per heavy atom. The Kier molecular flexibility index (Phi) is 5.15. The third-order valence-electron chi connectivity index (χ3n) is 5.36. The number of halogens is 1. The van der Waals surface area contributed by atoms with Gasteiger partial charge in [-0.1, -0.05) is 66.2 Å². The fourth-order valence-corrected chi connectivity index (χ4v) is 5.46. The molecule has 8 heteroatoms. The van der Waals surface area contributed by atoms with Crippen LogP contribution in [0.15, 0.2) is 89.1 Å². The van der Waals surface area contributed by atoms with Gasteiger partial charge in [-0.25, -0.2) is 14.8 Å². The number of rotatable bonds is 3. The predicted molar refractivity (Wildman–Crippen MR) is 130 cm³/mol. The van der Waals surface area contributed by atoms with E-state index in [-0.39, 0.29) is 5.04 Å². The van der Waals surface area contributed by atoms with Gasteiger partial charge in [0.2, 0.25) is 10.0 Å². The molecule has 0 fully saturated rings. The lowest BCUT2D eigenvalue weighted by Crippen LogP contribution is -2.53. The van der Waals surface area contributed by atoms with E-state index in [4.69, 9.17) is 26.5 Å². The number of nitrogens with zero attached hydrogens (tertiary/aromatic N) is 4. The van der Waals surface area contributed by atoms with Gasteiger partial charge in [0, 0.05) is 11.1 Å². The summed E-state index contributed by atoms with van der Waals surface area (Å²) in [6, 6.07) is 25.3. The molecule has 2 aliphatic rings. The molecule has 0 aliphatic carbocycles. The molecule has 0 bridgehead atoms. The maximum absolute atomic E-state index is 12.6. The highest BCUT2D eigenvalue weighted by Gasteiger charge is 2.56. The molecular formula is C24H19ClN4O2S. The van der Waals surface area contributed by atoms with Gasteiger partial charge in [-0.05, 0) is 43.0 Å². The molecule has 5 rings (SSSR count). The van der Waals surface area contributed by atoms with Crippen molar-refractivity contribution in [3.63, 3.8) is 0 Å². The fraction of sp³-hybridized carbons (Fsp3) is 0.125. The minimum Gasteiger partial charge on any atom is -0.464 e. The maximum Gasteiger partial charge on any atom is 0.365 e. The zero-order valence-corrected chi connectivity index (χ0v) is 19.0. The molecule has 1 atom stereocenters. The van der Waals surface area contributed by atoms with Crippen molar-refractivity contribution >= 4 is 51.5 Å². The van der Waals surface area contributed by atoms with Crippen LogP contribution < -0.4 is 10.0 Å². The van der Waals surface area contributed by atoms with Crippen molar-refractivity contribution in [2.45, 2.75) is 11.9 Å². The smallest absolute Gasteiger partial charge is 0.365 e. The zero-order valence-electron chi connectivity index (χ0n) is 17.4. The van der Waals surface area contributed by atoms with Gasteiger partial charge in [0.05, 0.1) is 29.2 Å². The third-order valence-corrected chi connectivity index (χ3v) is 6.97. The molecule has 6 nitrogen and oxygen atoms in total. The number of carbonyl (C=O) groups is 1. The number of anilines is 2. The van der Waals surface area contributed by atoms with Crippen LogP contribution in [0.2, 0.25) is 5.02 Å². The van der Waals surface area contributed by atoms with Crippen LogP contribution >= 0.6 is 23.4 Å². The molecule has 2 heterocycles. The summed E-state index contributed by atoms with van der Waals surface area (Å²) in [5.41, 5.74) is 4.30. The Morgan fingerprint density at radius 1 is 0.938 bits per heavy atom. The van der Waals surface area contributed by atoms with Gasteiger partial charge < -0.3 is 4.74 Å². The summed E-state index contributed by atoms with van der Waals surface area (Å²) in [5.74, 6) is -0.513. The van der Waals surface area contributed by atoms with Crippen molar-refractivity contribution in [1.82, 2.24) is 0 Å². The van der Waals surface area contributed by atoms with Gasteiger partial charge >= 0.3 is 5.97 Å². The molecule has 3 aromatic rings. The first-order valence-electron chi connectivity index (χ1n) is 9.97. The van der Waals surface area contributed by atoms with Gasteiger partial charge in [0.25, 0.3) is 0 Å². The van der Waals surface area contributed by atoms with E-state index in [1.165, 1.54) is 18.9 Å². The van der Waals surface area contributed by atoms with E-state index in [9.17, 15) is 4.79 Å². The number of esters is 1. The molecule has 32 heavy (non-hydrogen) atoms. The second kappa shape index (κ2) is 8.00. The maximum atomic E-state index is 12.6. The molecule has 0 N–H and O–H groups in total. The van der Waals surface area contributed by atoms with Crippen molar-refractivity contribution in [2.75, 3.05) is 17.1 Å². The van der Waals surface area contributed by atoms with E-state index in [2.05, 4.69) is 0 Å². The minimum atomic E-state index is -1.02.